The highest BCUT2D eigenvalue weighted by Crippen LogP contribution is 2.64. The van der Waals surface area contributed by atoms with E-state index in [0.717, 1.165) is 55.7 Å². The minimum atomic E-state index is -0.616. The molecule has 2 heteroatoms. The summed E-state index contributed by atoms with van der Waals surface area (Å²) in [6, 6.07) is 99.5. The van der Waals surface area contributed by atoms with Crippen molar-refractivity contribution in [2.24, 2.45) is 0 Å². The molecule has 71 heavy (non-hydrogen) atoms. The van der Waals surface area contributed by atoms with Gasteiger partial charge in [0.15, 0.2) is 0 Å². The summed E-state index contributed by atoms with van der Waals surface area (Å²) in [6.07, 6.45) is 0. The predicted molar refractivity (Wildman–Crippen MR) is 295 cm³/mol. The lowest BCUT2D eigenvalue weighted by atomic mass is 9.65. The summed E-state index contributed by atoms with van der Waals surface area (Å²) < 4.78 is 7.22. The summed E-state index contributed by atoms with van der Waals surface area (Å²) >= 11 is 0. The molecule has 1 aliphatic carbocycles. The van der Waals surface area contributed by atoms with E-state index in [1.54, 1.807) is 0 Å². The quantitative estimate of drug-likeness (QED) is 0.158. The Labute approximate surface area is 414 Å². The second-order valence-corrected chi connectivity index (χ2v) is 18.7. The molecule has 12 aromatic rings. The molecule has 1 aliphatic heterocycles. The third kappa shape index (κ3) is 6.49. The molecule has 0 saturated carbocycles. The number of hydrogen-bond donors (Lipinski definition) is 0. The number of fused-ring (bicyclic) bond motifs is 13. The molecule has 1 heterocycles. The van der Waals surface area contributed by atoms with Crippen LogP contribution in [0.3, 0.4) is 0 Å². The Morgan fingerprint density at radius 2 is 0.648 bits per heavy atom. The van der Waals surface area contributed by atoms with Gasteiger partial charge in [0.2, 0.25) is 0 Å². The molecule has 12 aromatic carbocycles. The molecule has 1 spiro atoms. The fraction of sp³-hybridized carbons (Fsp3) is 0.0145. The largest absolute Gasteiger partial charge is 0.455 e. The maximum absolute atomic E-state index is 7.22. The highest BCUT2D eigenvalue weighted by atomic mass is 16.5. The van der Waals surface area contributed by atoms with E-state index in [1.807, 2.05) is 0 Å². The minimum absolute atomic E-state index is 0.616. The summed E-state index contributed by atoms with van der Waals surface area (Å²) in [5.74, 6) is 1.85. The Morgan fingerprint density at radius 3 is 1.21 bits per heavy atom. The molecule has 2 nitrogen and oxygen atoms in total. The molecule has 0 bridgehead atoms. The van der Waals surface area contributed by atoms with Crippen LogP contribution >= 0.6 is 0 Å². The van der Waals surface area contributed by atoms with Gasteiger partial charge >= 0.3 is 0 Å². The van der Waals surface area contributed by atoms with E-state index in [0.29, 0.717) is 0 Å². The third-order valence-corrected chi connectivity index (χ3v) is 15.0. The molecular weight excluding hydrogens is 859 g/mol. The van der Waals surface area contributed by atoms with Crippen molar-refractivity contribution in [1.29, 1.82) is 0 Å². The predicted octanol–water partition coefficient (Wildman–Crippen LogP) is 18.6. The number of benzene rings is 12. The standard InChI is InChI=1S/C69H45NO/c1-3-15-46(16-4-1)47-27-36-54(37-28-47)70(56-40-31-52(32-41-56)58-22-12-11-21-57(58)49-17-5-2-6-18-49)55-38-29-48(30-39-55)53-33-42-62-61-25-13-14-26-63(61)69(66(62)45-53)64-43-34-50-19-7-9-23-59(50)67(64)71-68-60-24-10-8-20-51(60)35-44-65(68)69/h1-45H. The van der Waals surface area contributed by atoms with Crippen molar-refractivity contribution in [3.8, 4) is 67.1 Å². The van der Waals surface area contributed by atoms with Gasteiger partial charge in [0.05, 0.1) is 5.41 Å². The molecule has 0 fully saturated rings. The zero-order chi connectivity index (χ0) is 46.9. The summed E-state index contributed by atoms with van der Waals surface area (Å²) in [5.41, 5.74) is 19.5. The van der Waals surface area contributed by atoms with Crippen LogP contribution in [-0.2, 0) is 5.41 Å². The second-order valence-electron chi connectivity index (χ2n) is 18.7. The topological polar surface area (TPSA) is 12.5 Å². The van der Waals surface area contributed by atoms with Gasteiger partial charge in [-0.3, -0.25) is 0 Å². The summed E-state index contributed by atoms with van der Waals surface area (Å²) in [4.78, 5) is 2.37. The number of nitrogens with zero attached hydrogens (tertiary/aromatic N) is 1. The molecule has 14 rings (SSSR count). The average molecular weight is 904 g/mol. The smallest absolute Gasteiger partial charge is 0.140 e. The van der Waals surface area contributed by atoms with Crippen molar-refractivity contribution < 1.29 is 4.74 Å². The van der Waals surface area contributed by atoms with Crippen LogP contribution in [0.1, 0.15) is 22.3 Å². The first-order valence-corrected chi connectivity index (χ1v) is 24.5. The van der Waals surface area contributed by atoms with Crippen molar-refractivity contribution in [2.45, 2.75) is 5.41 Å². The van der Waals surface area contributed by atoms with E-state index in [9.17, 15) is 0 Å². The maximum Gasteiger partial charge on any atom is 0.140 e. The van der Waals surface area contributed by atoms with Crippen molar-refractivity contribution in [1.82, 2.24) is 0 Å². The first kappa shape index (κ1) is 40.8. The van der Waals surface area contributed by atoms with E-state index in [1.165, 1.54) is 72.3 Å². The van der Waals surface area contributed by atoms with Crippen molar-refractivity contribution in [2.75, 3.05) is 4.90 Å². The minimum Gasteiger partial charge on any atom is -0.455 e. The summed E-state index contributed by atoms with van der Waals surface area (Å²) in [7, 11) is 0. The molecule has 0 unspecified atom stereocenters. The molecule has 0 amide bonds. The van der Waals surface area contributed by atoms with Gasteiger partial charge in [-0.25, -0.2) is 0 Å². The average Bonchev–Trinajstić information content (AvgIpc) is 3.75. The van der Waals surface area contributed by atoms with Crippen LogP contribution in [0.5, 0.6) is 11.5 Å². The van der Waals surface area contributed by atoms with Crippen LogP contribution in [0.4, 0.5) is 17.1 Å². The molecule has 0 aromatic heterocycles. The fourth-order valence-corrected chi connectivity index (χ4v) is 11.7. The van der Waals surface area contributed by atoms with Gasteiger partial charge in [-0.1, -0.05) is 231 Å². The number of anilines is 3. The molecule has 0 saturated heterocycles. The third-order valence-electron chi connectivity index (χ3n) is 15.0. The fourth-order valence-electron chi connectivity index (χ4n) is 11.7. The second kappa shape index (κ2) is 16.5. The molecule has 0 radical (unpaired) electrons. The van der Waals surface area contributed by atoms with Crippen LogP contribution in [-0.4, -0.2) is 0 Å². The van der Waals surface area contributed by atoms with Crippen LogP contribution in [0.2, 0.25) is 0 Å². The van der Waals surface area contributed by atoms with Gasteiger partial charge in [-0.05, 0) is 120 Å². The zero-order valence-electron chi connectivity index (χ0n) is 38.8. The molecule has 0 N–H and O–H groups in total. The highest BCUT2D eigenvalue weighted by molar-refractivity contribution is 6.00. The van der Waals surface area contributed by atoms with Crippen LogP contribution < -0.4 is 9.64 Å². The number of rotatable bonds is 7. The monoisotopic (exact) mass is 903 g/mol. The first-order chi connectivity index (χ1) is 35.2. The van der Waals surface area contributed by atoms with E-state index < -0.39 is 5.41 Å². The maximum atomic E-state index is 7.22. The van der Waals surface area contributed by atoms with Crippen molar-refractivity contribution in [3.05, 3.63) is 295 Å². The highest BCUT2D eigenvalue weighted by Gasteiger charge is 2.52. The van der Waals surface area contributed by atoms with Gasteiger partial charge in [0.1, 0.15) is 11.5 Å². The Morgan fingerprint density at radius 1 is 0.254 bits per heavy atom. The molecular formula is C69H45NO. The first-order valence-electron chi connectivity index (χ1n) is 24.5. The molecule has 2 aliphatic rings. The Bertz CT molecular complexity index is 3900. The lowest BCUT2D eigenvalue weighted by Crippen LogP contribution is -2.32. The lowest BCUT2D eigenvalue weighted by Gasteiger charge is -2.40. The van der Waals surface area contributed by atoms with Gasteiger partial charge < -0.3 is 9.64 Å². The molecule has 0 atom stereocenters. The van der Waals surface area contributed by atoms with Crippen LogP contribution in [0, 0.1) is 0 Å². The Balaban J connectivity index is 0.899. The van der Waals surface area contributed by atoms with Gasteiger partial charge in [-0.2, -0.15) is 0 Å². The molecule has 332 valence electrons. The van der Waals surface area contributed by atoms with Crippen molar-refractivity contribution in [3.63, 3.8) is 0 Å². The van der Waals surface area contributed by atoms with Crippen LogP contribution in [0.15, 0.2) is 273 Å². The number of ether oxygens (including phenoxy) is 1. The van der Waals surface area contributed by atoms with E-state index in [2.05, 4.69) is 278 Å². The van der Waals surface area contributed by atoms with E-state index in [4.69, 9.17) is 4.74 Å². The van der Waals surface area contributed by atoms with E-state index >= 15 is 0 Å². The summed E-state index contributed by atoms with van der Waals surface area (Å²) in [6.45, 7) is 0. The van der Waals surface area contributed by atoms with Gasteiger partial charge in [0, 0.05) is 39.0 Å². The van der Waals surface area contributed by atoms with Gasteiger partial charge in [0.25, 0.3) is 0 Å². The SMILES string of the molecule is c1ccc(-c2ccc(N(c3ccc(-c4ccc5c(c4)C4(c6ccccc6-5)c5ccc6ccccc6c5Oc5c4ccc4ccccc54)cc3)c3ccc(-c4ccccc4-c4ccccc4)cc3)cc2)cc1. The van der Waals surface area contributed by atoms with Crippen LogP contribution in [0.25, 0.3) is 77.2 Å². The summed E-state index contributed by atoms with van der Waals surface area (Å²) in [5, 5.41) is 4.56. The van der Waals surface area contributed by atoms with Crippen molar-refractivity contribution >= 4 is 38.6 Å². The Hall–Kier alpha value is -9.24. The van der Waals surface area contributed by atoms with E-state index in [-0.39, 0.29) is 0 Å². The Kier molecular flexibility index (Phi) is 9.47. The zero-order valence-corrected chi connectivity index (χ0v) is 38.8. The lowest BCUT2D eigenvalue weighted by molar-refractivity contribution is 0.447. The normalized spacial score (nSPS) is 12.7. The number of hydrogen-bond acceptors (Lipinski definition) is 2. The van der Waals surface area contributed by atoms with Gasteiger partial charge in [-0.15, -0.1) is 0 Å².